The summed E-state index contributed by atoms with van der Waals surface area (Å²) in [6.07, 6.45) is 2.24. The van der Waals surface area contributed by atoms with Gasteiger partial charge < -0.3 is 15.1 Å². The van der Waals surface area contributed by atoms with Crippen molar-refractivity contribution in [3.63, 3.8) is 0 Å². The summed E-state index contributed by atoms with van der Waals surface area (Å²) in [4.78, 5) is 52.3. The monoisotopic (exact) mass is 426 g/mol. The van der Waals surface area contributed by atoms with Crippen LogP contribution in [0, 0.1) is 0 Å². The molecule has 1 unspecified atom stereocenters. The summed E-state index contributed by atoms with van der Waals surface area (Å²) < 4.78 is 0. The standard InChI is InChI=1S/C23H30N4O4/c1-4-10-26(3)11-9-15(2)21(29)24-13-16-5-6-18-17(12-16)14-27(23(18)31)19-7-8-20(28)25-22(19)30/h5-6,12,19H,2,4,7-11,13-14H2,1,3H3,(H,24,29)(H,25,28,30). The van der Waals surface area contributed by atoms with Gasteiger partial charge in [0.15, 0.2) is 0 Å². The molecule has 1 aromatic carbocycles. The summed E-state index contributed by atoms with van der Waals surface area (Å²) in [5.41, 5.74) is 2.80. The zero-order chi connectivity index (χ0) is 22.5. The number of rotatable bonds is 9. The Bertz CT molecular complexity index is 911. The van der Waals surface area contributed by atoms with Crippen molar-refractivity contribution in [1.29, 1.82) is 0 Å². The van der Waals surface area contributed by atoms with E-state index in [2.05, 4.69) is 29.0 Å². The normalized spacial score (nSPS) is 18.2. The van der Waals surface area contributed by atoms with Gasteiger partial charge in [-0.2, -0.15) is 0 Å². The number of benzene rings is 1. The second-order valence-electron chi connectivity index (χ2n) is 8.23. The Labute approximate surface area is 182 Å². The van der Waals surface area contributed by atoms with E-state index in [1.807, 2.05) is 19.2 Å². The smallest absolute Gasteiger partial charge is 0.255 e. The molecule has 1 saturated heterocycles. The predicted molar refractivity (Wildman–Crippen MR) is 116 cm³/mol. The van der Waals surface area contributed by atoms with Crippen molar-refractivity contribution in [2.75, 3.05) is 20.1 Å². The van der Waals surface area contributed by atoms with Gasteiger partial charge in [-0.05, 0) is 50.0 Å². The van der Waals surface area contributed by atoms with E-state index in [0.29, 0.717) is 37.1 Å². The van der Waals surface area contributed by atoms with Crippen LogP contribution >= 0.6 is 0 Å². The summed E-state index contributed by atoms with van der Waals surface area (Å²) in [7, 11) is 2.03. The number of amides is 4. The van der Waals surface area contributed by atoms with Gasteiger partial charge >= 0.3 is 0 Å². The lowest BCUT2D eigenvalue weighted by Gasteiger charge is -2.29. The quantitative estimate of drug-likeness (QED) is 0.459. The Morgan fingerprint density at radius 3 is 2.77 bits per heavy atom. The molecule has 166 valence electrons. The molecule has 0 aliphatic carbocycles. The third kappa shape index (κ3) is 5.38. The van der Waals surface area contributed by atoms with Gasteiger partial charge in [0.05, 0.1) is 0 Å². The van der Waals surface area contributed by atoms with Gasteiger partial charge in [0.1, 0.15) is 6.04 Å². The number of fused-ring (bicyclic) bond motifs is 1. The Morgan fingerprint density at radius 2 is 2.06 bits per heavy atom. The summed E-state index contributed by atoms with van der Waals surface area (Å²) >= 11 is 0. The SMILES string of the molecule is C=C(CCN(C)CCC)C(=O)NCc1ccc2c(c1)CN(C1CCC(=O)NC1=O)C2=O. The topological polar surface area (TPSA) is 98.8 Å². The third-order valence-electron chi connectivity index (χ3n) is 5.76. The number of hydrogen-bond donors (Lipinski definition) is 2. The molecule has 2 N–H and O–H groups in total. The molecule has 1 fully saturated rings. The average molecular weight is 427 g/mol. The fraction of sp³-hybridized carbons (Fsp3) is 0.478. The van der Waals surface area contributed by atoms with Crippen LogP contribution in [0.2, 0.25) is 0 Å². The van der Waals surface area contributed by atoms with Crippen molar-refractivity contribution in [2.24, 2.45) is 0 Å². The van der Waals surface area contributed by atoms with Crippen LogP contribution in [-0.4, -0.2) is 59.6 Å². The lowest BCUT2D eigenvalue weighted by atomic mass is 10.0. The van der Waals surface area contributed by atoms with E-state index in [-0.39, 0.29) is 24.1 Å². The Morgan fingerprint density at radius 1 is 1.29 bits per heavy atom. The van der Waals surface area contributed by atoms with E-state index in [4.69, 9.17) is 0 Å². The van der Waals surface area contributed by atoms with Gasteiger partial charge in [-0.15, -0.1) is 0 Å². The van der Waals surface area contributed by atoms with E-state index in [0.717, 1.165) is 30.6 Å². The van der Waals surface area contributed by atoms with Crippen LogP contribution < -0.4 is 10.6 Å². The molecule has 8 heteroatoms. The van der Waals surface area contributed by atoms with Crippen molar-refractivity contribution in [3.8, 4) is 0 Å². The first kappa shape index (κ1) is 22.7. The van der Waals surface area contributed by atoms with Gasteiger partial charge in [-0.1, -0.05) is 25.6 Å². The molecule has 1 aromatic rings. The maximum Gasteiger partial charge on any atom is 0.255 e. The molecule has 31 heavy (non-hydrogen) atoms. The lowest BCUT2D eigenvalue weighted by Crippen LogP contribution is -2.52. The van der Waals surface area contributed by atoms with Crippen molar-refractivity contribution < 1.29 is 19.2 Å². The number of hydrogen-bond acceptors (Lipinski definition) is 5. The van der Waals surface area contributed by atoms with Crippen LogP contribution in [0.1, 0.15) is 54.1 Å². The van der Waals surface area contributed by atoms with Crippen molar-refractivity contribution in [1.82, 2.24) is 20.4 Å². The van der Waals surface area contributed by atoms with Crippen molar-refractivity contribution in [3.05, 3.63) is 47.0 Å². The van der Waals surface area contributed by atoms with Crippen LogP contribution in [0.25, 0.3) is 0 Å². The number of piperidine rings is 1. The molecular formula is C23H30N4O4. The van der Waals surface area contributed by atoms with E-state index in [1.165, 1.54) is 4.90 Å². The highest BCUT2D eigenvalue weighted by Crippen LogP contribution is 2.28. The first-order valence-corrected chi connectivity index (χ1v) is 10.7. The van der Waals surface area contributed by atoms with Gasteiger partial charge in [-0.25, -0.2) is 0 Å². The maximum absolute atomic E-state index is 12.7. The van der Waals surface area contributed by atoms with Gasteiger partial charge in [0, 0.05) is 37.2 Å². The largest absolute Gasteiger partial charge is 0.348 e. The summed E-state index contributed by atoms with van der Waals surface area (Å²) in [5, 5.41) is 5.19. The second kappa shape index (κ2) is 9.87. The predicted octanol–water partition coefficient (Wildman–Crippen LogP) is 1.35. The highest BCUT2D eigenvalue weighted by molar-refractivity contribution is 6.05. The summed E-state index contributed by atoms with van der Waals surface area (Å²) in [6.45, 7) is 8.43. The maximum atomic E-state index is 12.7. The molecule has 1 atom stereocenters. The van der Waals surface area contributed by atoms with Gasteiger partial charge in [-0.3, -0.25) is 24.5 Å². The highest BCUT2D eigenvalue weighted by Gasteiger charge is 2.39. The third-order valence-corrected chi connectivity index (χ3v) is 5.76. The molecule has 0 spiro atoms. The molecular weight excluding hydrogens is 396 g/mol. The number of nitrogens with zero attached hydrogens (tertiary/aromatic N) is 2. The fourth-order valence-electron chi connectivity index (χ4n) is 3.98. The highest BCUT2D eigenvalue weighted by atomic mass is 16.2. The van der Waals surface area contributed by atoms with E-state index in [9.17, 15) is 19.2 Å². The van der Waals surface area contributed by atoms with Gasteiger partial charge in [0.2, 0.25) is 17.7 Å². The number of carbonyl (C=O) groups is 4. The Kier molecular flexibility index (Phi) is 7.22. The van der Waals surface area contributed by atoms with Gasteiger partial charge in [0.25, 0.3) is 5.91 Å². The van der Waals surface area contributed by atoms with E-state index in [1.54, 1.807) is 6.07 Å². The lowest BCUT2D eigenvalue weighted by molar-refractivity contribution is -0.137. The summed E-state index contributed by atoms with van der Waals surface area (Å²) in [5.74, 6) is -1.11. The number of nitrogens with one attached hydrogen (secondary N) is 2. The zero-order valence-electron chi connectivity index (χ0n) is 18.2. The Hall–Kier alpha value is -3.00. The molecule has 0 aromatic heterocycles. The van der Waals surface area contributed by atoms with Crippen LogP contribution in [0.15, 0.2) is 30.4 Å². The molecule has 0 radical (unpaired) electrons. The number of imide groups is 1. The van der Waals surface area contributed by atoms with Crippen LogP contribution in [0.5, 0.6) is 0 Å². The first-order chi connectivity index (χ1) is 14.8. The number of carbonyl (C=O) groups excluding carboxylic acids is 4. The minimum absolute atomic E-state index is 0.174. The van der Waals surface area contributed by atoms with Crippen molar-refractivity contribution in [2.45, 2.75) is 51.7 Å². The summed E-state index contributed by atoms with van der Waals surface area (Å²) in [6, 6.07) is 4.80. The molecule has 2 aliphatic rings. The molecule has 0 saturated carbocycles. The molecule has 8 nitrogen and oxygen atoms in total. The molecule has 0 bridgehead atoms. The minimum atomic E-state index is -0.630. The minimum Gasteiger partial charge on any atom is -0.348 e. The zero-order valence-corrected chi connectivity index (χ0v) is 18.2. The van der Waals surface area contributed by atoms with Crippen LogP contribution in [0.3, 0.4) is 0 Å². The van der Waals surface area contributed by atoms with E-state index < -0.39 is 11.9 Å². The molecule has 2 heterocycles. The molecule has 3 rings (SSSR count). The molecule has 2 aliphatic heterocycles. The van der Waals surface area contributed by atoms with Crippen LogP contribution in [-0.2, 0) is 27.5 Å². The second-order valence-corrected chi connectivity index (χ2v) is 8.23. The van der Waals surface area contributed by atoms with E-state index >= 15 is 0 Å². The first-order valence-electron chi connectivity index (χ1n) is 10.7. The molecule has 4 amide bonds. The fourth-order valence-corrected chi connectivity index (χ4v) is 3.98. The Balaban J connectivity index is 1.55. The van der Waals surface area contributed by atoms with Crippen molar-refractivity contribution >= 4 is 23.6 Å². The average Bonchev–Trinajstić information content (AvgIpc) is 3.06. The van der Waals surface area contributed by atoms with Crippen LogP contribution in [0.4, 0.5) is 0 Å².